The van der Waals surface area contributed by atoms with E-state index in [-0.39, 0.29) is 6.10 Å². The highest BCUT2D eigenvalue weighted by Gasteiger charge is 2.15. The predicted octanol–water partition coefficient (Wildman–Crippen LogP) is 5.05. The van der Waals surface area contributed by atoms with Gasteiger partial charge in [-0.25, -0.2) is 0 Å². The number of ether oxygens (including phenoxy) is 2. The zero-order valence-corrected chi connectivity index (χ0v) is 15.0. The lowest BCUT2D eigenvalue weighted by Gasteiger charge is -2.13. The fraction of sp³-hybridized carbons (Fsp3) is 0.304. The van der Waals surface area contributed by atoms with Crippen molar-refractivity contribution in [2.24, 2.45) is 0 Å². The Balaban J connectivity index is 1.33. The molecular weight excluding hydrogens is 322 g/mol. The second-order valence-electron chi connectivity index (χ2n) is 6.79. The van der Waals surface area contributed by atoms with Crippen molar-refractivity contribution in [1.82, 2.24) is 0 Å². The van der Waals surface area contributed by atoms with E-state index in [9.17, 15) is 0 Å². The number of rotatable bonds is 7. The summed E-state index contributed by atoms with van der Waals surface area (Å²) in [7, 11) is 0. The minimum atomic E-state index is 0.248. The van der Waals surface area contributed by atoms with Gasteiger partial charge < -0.3 is 14.8 Å². The lowest BCUT2D eigenvalue weighted by atomic mass is 10.0. The molecule has 0 aliphatic carbocycles. The SMILES string of the molecule is c1cc(NCCc2cccc3ccccc23)cc(OCC2CCCO2)c1. The third-order valence-corrected chi connectivity index (χ3v) is 4.90. The average molecular weight is 347 g/mol. The van der Waals surface area contributed by atoms with Crippen molar-refractivity contribution in [3.63, 3.8) is 0 Å². The van der Waals surface area contributed by atoms with Crippen LogP contribution in [0.2, 0.25) is 0 Å². The van der Waals surface area contributed by atoms with Crippen LogP contribution in [0.3, 0.4) is 0 Å². The number of anilines is 1. The van der Waals surface area contributed by atoms with E-state index in [0.717, 1.165) is 43.9 Å². The summed E-state index contributed by atoms with van der Waals surface area (Å²) >= 11 is 0. The summed E-state index contributed by atoms with van der Waals surface area (Å²) < 4.78 is 11.5. The summed E-state index contributed by atoms with van der Waals surface area (Å²) in [5, 5.41) is 6.15. The van der Waals surface area contributed by atoms with E-state index < -0.39 is 0 Å². The quantitative estimate of drug-likeness (QED) is 0.648. The third-order valence-electron chi connectivity index (χ3n) is 4.90. The molecule has 0 spiro atoms. The zero-order valence-electron chi connectivity index (χ0n) is 15.0. The highest BCUT2D eigenvalue weighted by atomic mass is 16.5. The molecule has 3 aromatic carbocycles. The van der Waals surface area contributed by atoms with E-state index in [2.05, 4.69) is 59.9 Å². The van der Waals surface area contributed by atoms with Gasteiger partial charge in [-0.1, -0.05) is 48.5 Å². The first kappa shape index (κ1) is 16.9. The van der Waals surface area contributed by atoms with Crippen LogP contribution in [0.1, 0.15) is 18.4 Å². The van der Waals surface area contributed by atoms with Gasteiger partial charge in [-0.2, -0.15) is 0 Å². The highest BCUT2D eigenvalue weighted by Crippen LogP contribution is 2.21. The summed E-state index contributed by atoms with van der Waals surface area (Å²) in [5.74, 6) is 0.899. The Labute approximate surface area is 154 Å². The van der Waals surface area contributed by atoms with Gasteiger partial charge in [0.1, 0.15) is 12.4 Å². The highest BCUT2D eigenvalue weighted by molar-refractivity contribution is 5.85. The Morgan fingerprint density at radius 1 is 1.00 bits per heavy atom. The van der Waals surface area contributed by atoms with Crippen molar-refractivity contribution in [3.8, 4) is 5.75 Å². The minimum absolute atomic E-state index is 0.248. The second kappa shape index (κ2) is 8.24. The summed E-state index contributed by atoms with van der Waals surface area (Å²) in [5.41, 5.74) is 2.47. The third kappa shape index (κ3) is 4.17. The van der Waals surface area contributed by atoms with Crippen LogP contribution in [0.5, 0.6) is 5.75 Å². The molecular formula is C23H25NO2. The summed E-state index contributed by atoms with van der Waals surface area (Å²) in [4.78, 5) is 0. The normalized spacial score (nSPS) is 16.7. The van der Waals surface area contributed by atoms with Gasteiger partial charge in [-0.15, -0.1) is 0 Å². The molecule has 0 aromatic heterocycles. The van der Waals surface area contributed by atoms with Crippen LogP contribution in [0.4, 0.5) is 5.69 Å². The van der Waals surface area contributed by atoms with E-state index in [1.807, 2.05) is 12.1 Å². The molecule has 3 heteroatoms. The van der Waals surface area contributed by atoms with E-state index in [0.29, 0.717) is 6.61 Å². The Morgan fingerprint density at radius 2 is 1.88 bits per heavy atom. The maximum absolute atomic E-state index is 5.89. The van der Waals surface area contributed by atoms with Crippen LogP contribution in [0.15, 0.2) is 66.7 Å². The maximum atomic E-state index is 5.89. The molecule has 1 heterocycles. The van der Waals surface area contributed by atoms with Gasteiger partial charge in [0.15, 0.2) is 0 Å². The molecule has 1 N–H and O–H groups in total. The van der Waals surface area contributed by atoms with E-state index >= 15 is 0 Å². The van der Waals surface area contributed by atoms with Crippen molar-refractivity contribution in [1.29, 1.82) is 0 Å². The molecule has 0 saturated carbocycles. The van der Waals surface area contributed by atoms with Gasteiger partial charge in [-0.05, 0) is 47.7 Å². The molecule has 3 nitrogen and oxygen atoms in total. The molecule has 3 aromatic rings. The lowest BCUT2D eigenvalue weighted by molar-refractivity contribution is 0.0680. The van der Waals surface area contributed by atoms with Crippen LogP contribution in [-0.4, -0.2) is 25.9 Å². The van der Waals surface area contributed by atoms with E-state index in [1.54, 1.807) is 0 Å². The van der Waals surface area contributed by atoms with Crippen LogP contribution in [-0.2, 0) is 11.2 Å². The molecule has 26 heavy (non-hydrogen) atoms. The van der Waals surface area contributed by atoms with Crippen molar-refractivity contribution in [2.45, 2.75) is 25.4 Å². The van der Waals surface area contributed by atoms with Gasteiger partial charge in [-0.3, -0.25) is 0 Å². The smallest absolute Gasteiger partial charge is 0.121 e. The molecule has 1 saturated heterocycles. The topological polar surface area (TPSA) is 30.5 Å². The Hall–Kier alpha value is -2.52. The number of benzene rings is 3. The first-order valence-corrected chi connectivity index (χ1v) is 9.43. The predicted molar refractivity (Wildman–Crippen MR) is 107 cm³/mol. The molecule has 4 rings (SSSR count). The number of hydrogen-bond acceptors (Lipinski definition) is 3. The molecule has 1 unspecified atom stereocenters. The van der Waals surface area contributed by atoms with Crippen LogP contribution in [0.25, 0.3) is 10.8 Å². The Bertz CT molecular complexity index is 850. The van der Waals surface area contributed by atoms with Crippen molar-refractivity contribution in [3.05, 3.63) is 72.3 Å². The molecule has 0 amide bonds. The molecule has 1 aliphatic heterocycles. The number of fused-ring (bicyclic) bond motifs is 1. The van der Waals surface area contributed by atoms with Crippen molar-refractivity contribution in [2.75, 3.05) is 25.1 Å². The summed E-state index contributed by atoms with van der Waals surface area (Å²) in [6.45, 7) is 2.40. The van der Waals surface area contributed by atoms with E-state index in [1.165, 1.54) is 16.3 Å². The van der Waals surface area contributed by atoms with Crippen LogP contribution < -0.4 is 10.1 Å². The Kier molecular flexibility index (Phi) is 5.36. The maximum Gasteiger partial charge on any atom is 0.121 e. The van der Waals surface area contributed by atoms with E-state index in [4.69, 9.17) is 9.47 Å². The van der Waals surface area contributed by atoms with Crippen molar-refractivity contribution < 1.29 is 9.47 Å². The first-order chi connectivity index (χ1) is 12.9. The monoisotopic (exact) mass is 347 g/mol. The number of hydrogen-bond donors (Lipinski definition) is 1. The van der Waals surface area contributed by atoms with Gasteiger partial charge in [0, 0.05) is 24.9 Å². The Morgan fingerprint density at radius 3 is 2.81 bits per heavy atom. The molecule has 0 radical (unpaired) electrons. The van der Waals surface area contributed by atoms with Gasteiger partial charge in [0.2, 0.25) is 0 Å². The number of nitrogens with one attached hydrogen (secondary N) is 1. The average Bonchev–Trinajstić information content (AvgIpc) is 3.21. The molecule has 0 bridgehead atoms. The standard InChI is InChI=1S/C23H25NO2/c1-2-12-23-18(6-1)7-3-8-19(23)13-14-24-20-9-4-10-21(16-20)26-17-22-11-5-15-25-22/h1-4,6-10,12,16,22,24H,5,11,13-15,17H2. The fourth-order valence-corrected chi connectivity index (χ4v) is 3.51. The summed E-state index contributed by atoms with van der Waals surface area (Å²) in [6.07, 6.45) is 3.48. The fourth-order valence-electron chi connectivity index (χ4n) is 3.51. The molecule has 1 fully saturated rings. The van der Waals surface area contributed by atoms with Crippen molar-refractivity contribution >= 4 is 16.5 Å². The van der Waals surface area contributed by atoms with Gasteiger partial charge in [0.25, 0.3) is 0 Å². The zero-order chi connectivity index (χ0) is 17.6. The van der Waals surface area contributed by atoms with Gasteiger partial charge >= 0.3 is 0 Å². The van der Waals surface area contributed by atoms with Gasteiger partial charge in [0.05, 0.1) is 6.10 Å². The van der Waals surface area contributed by atoms with Crippen LogP contribution >= 0.6 is 0 Å². The lowest BCUT2D eigenvalue weighted by Crippen LogP contribution is -2.16. The summed E-state index contributed by atoms with van der Waals surface area (Å²) in [6, 6.07) is 23.3. The van der Waals surface area contributed by atoms with Crippen LogP contribution in [0, 0.1) is 0 Å². The first-order valence-electron chi connectivity index (χ1n) is 9.43. The molecule has 1 aliphatic rings. The largest absolute Gasteiger partial charge is 0.491 e. The minimum Gasteiger partial charge on any atom is -0.491 e. The molecule has 134 valence electrons. The molecule has 1 atom stereocenters. The second-order valence-corrected chi connectivity index (χ2v) is 6.79.